The lowest BCUT2D eigenvalue weighted by molar-refractivity contribution is 0.286. The van der Waals surface area contributed by atoms with E-state index in [2.05, 4.69) is 12.2 Å². The Morgan fingerprint density at radius 2 is 2.21 bits per heavy atom. The number of rotatable bonds is 5. The summed E-state index contributed by atoms with van der Waals surface area (Å²) in [6.07, 6.45) is 0.798. The molecule has 0 unspecified atom stereocenters. The molecule has 2 nitrogen and oxygen atoms in total. The Labute approximate surface area is 89.9 Å². The largest absolute Gasteiger partial charge is 0.396 e. The van der Waals surface area contributed by atoms with E-state index in [1.54, 1.807) is 0 Å². The van der Waals surface area contributed by atoms with Crippen molar-refractivity contribution in [3.63, 3.8) is 0 Å². The SMILES string of the molecule is Cc1cc(Cl)ccc1CNCCCO. The fraction of sp³-hybridized carbons (Fsp3) is 0.455. The molecule has 0 radical (unpaired) electrons. The van der Waals surface area contributed by atoms with E-state index in [4.69, 9.17) is 16.7 Å². The predicted octanol–water partition coefficient (Wildman–Crippen LogP) is 2.12. The number of aryl methyl sites for hydroxylation is 1. The van der Waals surface area contributed by atoms with Crippen LogP contribution in [0.1, 0.15) is 17.5 Å². The molecule has 0 aliphatic rings. The molecular weight excluding hydrogens is 198 g/mol. The molecule has 0 saturated carbocycles. The standard InChI is InChI=1S/C11H16ClNO/c1-9-7-11(12)4-3-10(9)8-13-5-2-6-14/h3-4,7,13-14H,2,5-6,8H2,1H3. The molecule has 0 spiro atoms. The van der Waals surface area contributed by atoms with E-state index in [0.29, 0.717) is 0 Å². The summed E-state index contributed by atoms with van der Waals surface area (Å²) in [6, 6.07) is 5.89. The van der Waals surface area contributed by atoms with Crippen molar-refractivity contribution in [1.82, 2.24) is 5.32 Å². The summed E-state index contributed by atoms with van der Waals surface area (Å²) < 4.78 is 0. The molecule has 1 rings (SSSR count). The van der Waals surface area contributed by atoms with Gasteiger partial charge in [0.1, 0.15) is 0 Å². The third-order valence-corrected chi connectivity index (χ3v) is 2.37. The van der Waals surface area contributed by atoms with E-state index in [0.717, 1.165) is 24.5 Å². The van der Waals surface area contributed by atoms with Crippen LogP contribution in [0.2, 0.25) is 5.02 Å². The highest BCUT2D eigenvalue weighted by molar-refractivity contribution is 6.30. The summed E-state index contributed by atoms with van der Waals surface area (Å²) in [5.74, 6) is 0. The molecule has 3 heteroatoms. The minimum absolute atomic E-state index is 0.243. The summed E-state index contributed by atoms with van der Waals surface area (Å²) in [6.45, 7) is 3.98. The van der Waals surface area contributed by atoms with Gasteiger partial charge in [0.15, 0.2) is 0 Å². The summed E-state index contributed by atoms with van der Waals surface area (Å²) in [4.78, 5) is 0. The summed E-state index contributed by atoms with van der Waals surface area (Å²) in [7, 11) is 0. The van der Waals surface area contributed by atoms with Crippen molar-refractivity contribution >= 4 is 11.6 Å². The molecule has 1 aromatic carbocycles. The third-order valence-electron chi connectivity index (χ3n) is 2.13. The van der Waals surface area contributed by atoms with Crippen LogP contribution in [0.3, 0.4) is 0 Å². The van der Waals surface area contributed by atoms with Crippen LogP contribution < -0.4 is 5.32 Å². The van der Waals surface area contributed by atoms with Crippen LogP contribution in [0.4, 0.5) is 0 Å². The van der Waals surface area contributed by atoms with Gasteiger partial charge in [-0.2, -0.15) is 0 Å². The maximum atomic E-state index is 8.60. The number of aliphatic hydroxyl groups is 1. The highest BCUT2D eigenvalue weighted by atomic mass is 35.5. The molecule has 0 fully saturated rings. The van der Waals surface area contributed by atoms with Crippen molar-refractivity contribution in [3.8, 4) is 0 Å². The van der Waals surface area contributed by atoms with Gasteiger partial charge >= 0.3 is 0 Å². The average molecular weight is 214 g/mol. The molecule has 0 saturated heterocycles. The number of benzene rings is 1. The lowest BCUT2D eigenvalue weighted by Crippen LogP contribution is -2.16. The summed E-state index contributed by atoms with van der Waals surface area (Å²) in [5.41, 5.74) is 2.46. The third kappa shape index (κ3) is 3.66. The Morgan fingerprint density at radius 1 is 1.43 bits per heavy atom. The van der Waals surface area contributed by atoms with Gasteiger partial charge in [0.05, 0.1) is 0 Å². The molecule has 0 atom stereocenters. The zero-order chi connectivity index (χ0) is 10.4. The Kier molecular flexibility index (Phi) is 4.94. The van der Waals surface area contributed by atoms with Crippen molar-refractivity contribution in [2.24, 2.45) is 0 Å². The normalized spacial score (nSPS) is 10.5. The van der Waals surface area contributed by atoms with Crippen molar-refractivity contribution in [1.29, 1.82) is 0 Å². The maximum absolute atomic E-state index is 8.60. The topological polar surface area (TPSA) is 32.3 Å². The van der Waals surface area contributed by atoms with Gasteiger partial charge in [0.25, 0.3) is 0 Å². The maximum Gasteiger partial charge on any atom is 0.0443 e. The van der Waals surface area contributed by atoms with E-state index >= 15 is 0 Å². The van der Waals surface area contributed by atoms with Crippen LogP contribution in [-0.4, -0.2) is 18.3 Å². The van der Waals surface area contributed by atoms with Crippen LogP contribution in [-0.2, 0) is 6.54 Å². The highest BCUT2D eigenvalue weighted by Crippen LogP contribution is 2.14. The molecular formula is C11H16ClNO. The van der Waals surface area contributed by atoms with Gasteiger partial charge in [-0.1, -0.05) is 17.7 Å². The first-order valence-electron chi connectivity index (χ1n) is 4.80. The molecule has 0 heterocycles. The summed E-state index contributed by atoms with van der Waals surface area (Å²) in [5, 5.41) is 12.6. The zero-order valence-corrected chi connectivity index (χ0v) is 9.14. The van der Waals surface area contributed by atoms with Crippen LogP contribution in [0.15, 0.2) is 18.2 Å². The van der Waals surface area contributed by atoms with Crippen molar-refractivity contribution in [3.05, 3.63) is 34.3 Å². The first kappa shape index (κ1) is 11.5. The van der Waals surface area contributed by atoms with Gasteiger partial charge < -0.3 is 10.4 Å². The van der Waals surface area contributed by atoms with Crippen LogP contribution in [0.25, 0.3) is 0 Å². The second kappa shape index (κ2) is 6.02. The Balaban J connectivity index is 2.42. The molecule has 0 aromatic heterocycles. The van der Waals surface area contributed by atoms with E-state index in [-0.39, 0.29) is 6.61 Å². The Bertz CT molecular complexity index is 289. The monoisotopic (exact) mass is 213 g/mol. The number of aliphatic hydroxyl groups excluding tert-OH is 1. The minimum Gasteiger partial charge on any atom is -0.396 e. The van der Waals surface area contributed by atoms with Crippen molar-refractivity contribution < 1.29 is 5.11 Å². The Morgan fingerprint density at radius 3 is 2.86 bits per heavy atom. The highest BCUT2D eigenvalue weighted by Gasteiger charge is 1.98. The molecule has 0 amide bonds. The second-order valence-corrected chi connectivity index (χ2v) is 3.76. The molecule has 78 valence electrons. The molecule has 0 bridgehead atoms. The lowest BCUT2D eigenvalue weighted by Gasteiger charge is -2.07. The van der Waals surface area contributed by atoms with Crippen molar-refractivity contribution in [2.45, 2.75) is 19.9 Å². The molecule has 14 heavy (non-hydrogen) atoms. The smallest absolute Gasteiger partial charge is 0.0443 e. The van der Waals surface area contributed by atoms with Gasteiger partial charge in [-0.25, -0.2) is 0 Å². The number of nitrogens with one attached hydrogen (secondary N) is 1. The number of hydrogen-bond acceptors (Lipinski definition) is 2. The first-order chi connectivity index (χ1) is 6.74. The molecule has 2 N–H and O–H groups in total. The molecule has 1 aromatic rings. The lowest BCUT2D eigenvalue weighted by atomic mass is 10.1. The number of halogens is 1. The quantitative estimate of drug-likeness (QED) is 0.735. The zero-order valence-electron chi connectivity index (χ0n) is 8.39. The minimum atomic E-state index is 0.243. The van der Waals surface area contributed by atoms with Gasteiger partial charge in [-0.05, 0) is 43.1 Å². The fourth-order valence-electron chi connectivity index (χ4n) is 1.28. The van der Waals surface area contributed by atoms with Gasteiger partial charge in [-0.15, -0.1) is 0 Å². The van der Waals surface area contributed by atoms with Gasteiger partial charge in [-0.3, -0.25) is 0 Å². The van der Waals surface area contributed by atoms with E-state index < -0.39 is 0 Å². The molecule has 0 aliphatic heterocycles. The average Bonchev–Trinajstić information content (AvgIpc) is 2.15. The fourth-order valence-corrected chi connectivity index (χ4v) is 1.51. The van der Waals surface area contributed by atoms with E-state index in [1.807, 2.05) is 18.2 Å². The second-order valence-electron chi connectivity index (χ2n) is 3.32. The number of hydrogen-bond donors (Lipinski definition) is 2. The van der Waals surface area contributed by atoms with E-state index in [9.17, 15) is 0 Å². The van der Waals surface area contributed by atoms with Gasteiger partial charge in [0.2, 0.25) is 0 Å². The van der Waals surface area contributed by atoms with E-state index in [1.165, 1.54) is 11.1 Å². The van der Waals surface area contributed by atoms with Crippen LogP contribution in [0, 0.1) is 6.92 Å². The van der Waals surface area contributed by atoms with Crippen LogP contribution in [0.5, 0.6) is 0 Å². The predicted molar refractivity (Wildman–Crippen MR) is 59.6 cm³/mol. The van der Waals surface area contributed by atoms with Gasteiger partial charge in [0, 0.05) is 18.2 Å². The first-order valence-corrected chi connectivity index (χ1v) is 5.18. The summed E-state index contributed by atoms with van der Waals surface area (Å²) >= 11 is 5.85. The van der Waals surface area contributed by atoms with Crippen molar-refractivity contribution in [2.75, 3.05) is 13.2 Å². The van der Waals surface area contributed by atoms with Crippen LogP contribution >= 0.6 is 11.6 Å². The molecule has 0 aliphatic carbocycles. The Hall–Kier alpha value is -0.570.